The molecule has 0 N–H and O–H groups in total. The number of benzene rings is 2. The molecular weight excluding hydrogens is 339 g/mol. The fourth-order valence-corrected chi connectivity index (χ4v) is 3.11. The molecule has 0 aliphatic heterocycles. The first kappa shape index (κ1) is 17.0. The maximum absolute atomic E-state index is 12.9. The molecule has 1 fully saturated rings. The van der Waals surface area contributed by atoms with Crippen LogP contribution in [0.15, 0.2) is 59.7 Å². The molecule has 0 unspecified atom stereocenters. The van der Waals surface area contributed by atoms with Crippen LogP contribution in [0.1, 0.15) is 36.8 Å². The Labute approximate surface area is 152 Å². The highest BCUT2D eigenvalue weighted by Gasteiger charge is 2.18. The number of carbonyl (C=O) groups excluding carboxylic acids is 1. The molecule has 0 atom stereocenters. The Morgan fingerprint density at radius 2 is 1.04 bits per heavy atom. The van der Waals surface area contributed by atoms with Gasteiger partial charge in [-0.3, -0.25) is 4.79 Å². The van der Waals surface area contributed by atoms with Crippen molar-refractivity contribution in [2.24, 2.45) is 0 Å². The van der Waals surface area contributed by atoms with Crippen molar-refractivity contribution >= 4 is 41.1 Å². The molecule has 1 aliphatic rings. The van der Waals surface area contributed by atoms with Crippen LogP contribution in [0.3, 0.4) is 0 Å². The molecular formula is C21H18Cl2O. The lowest BCUT2D eigenvalue weighted by molar-refractivity contribution is -0.112. The largest absolute Gasteiger partial charge is 0.289 e. The van der Waals surface area contributed by atoms with E-state index in [1.807, 2.05) is 60.7 Å². The number of hydrogen-bond acceptors (Lipinski definition) is 1. The van der Waals surface area contributed by atoms with Gasteiger partial charge in [-0.05, 0) is 73.2 Å². The van der Waals surface area contributed by atoms with E-state index >= 15 is 0 Å². The van der Waals surface area contributed by atoms with Crippen LogP contribution in [0.2, 0.25) is 10.0 Å². The second-order valence-electron chi connectivity index (χ2n) is 5.98. The van der Waals surface area contributed by atoms with Crippen LogP contribution in [0.4, 0.5) is 0 Å². The molecule has 3 heteroatoms. The quantitative estimate of drug-likeness (QED) is 0.437. The Kier molecular flexibility index (Phi) is 5.55. The van der Waals surface area contributed by atoms with Gasteiger partial charge in [0.25, 0.3) is 0 Å². The number of Topliss-reactive ketones (excluding diaryl/α,β-unsaturated/α-hetero) is 1. The summed E-state index contributed by atoms with van der Waals surface area (Å²) in [6.45, 7) is 0. The first-order chi connectivity index (χ1) is 11.6. The SMILES string of the molecule is O=C1/C(=C\c2ccc(Cl)cc2)CCCC/C1=C/c1ccc(Cl)cc1. The molecule has 0 heterocycles. The molecule has 122 valence electrons. The van der Waals surface area contributed by atoms with Crippen LogP contribution in [0, 0.1) is 0 Å². The van der Waals surface area contributed by atoms with Crippen molar-refractivity contribution in [1.82, 2.24) is 0 Å². The minimum Gasteiger partial charge on any atom is -0.289 e. The fourth-order valence-electron chi connectivity index (χ4n) is 2.86. The molecule has 0 amide bonds. The van der Waals surface area contributed by atoms with Crippen LogP contribution < -0.4 is 0 Å². The maximum atomic E-state index is 12.9. The third kappa shape index (κ3) is 4.37. The summed E-state index contributed by atoms with van der Waals surface area (Å²) >= 11 is 11.9. The topological polar surface area (TPSA) is 17.1 Å². The summed E-state index contributed by atoms with van der Waals surface area (Å²) in [4.78, 5) is 12.9. The summed E-state index contributed by atoms with van der Waals surface area (Å²) in [7, 11) is 0. The summed E-state index contributed by atoms with van der Waals surface area (Å²) in [6, 6.07) is 15.1. The van der Waals surface area contributed by atoms with Gasteiger partial charge >= 0.3 is 0 Å². The number of halogens is 2. The summed E-state index contributed by atoms with van der Waals surface area (Å²) in [5, 5.41) is 1.40. The lowest BCUT2D eigenvalue weighted by atomic mass is 9.98. The van der Waals surface area contributed by atoms with E-state index in [9.17, 15) is 4.79 Å². The summed E-state index contributed by atoms with van der Waals surface area (Å²) in [6.07, 6.45) is 7.67. The van der Waals surface area contributed by atoms with Crippen LogP contribution in [-0.2, 0) is 4.79 Å². The van der Waals surface area contributed by atoms with E-state index in [-0.39, 0.29) is 5.78 Å². The number of allylic oxidation sites excluding steroid dienone is 2. The van der Waals surface area contributed by atoms with Gasteiger partial charge < -0.3 is 0 Å². The van der Waals surface area contributed by atoms with Crippen LogP contribution in [-0.4, -0.2) is 5.78 Å². The van der Waals surface area contributed by atoms with E-state index in [0.717, 1.165) is 48.0 Å². The van der Waals surface area contributed by atoms with Crippen LogP contribution >= 0.6 is 23.2 Å². The van der Waals surface area contributed by atoms with Gasteiger partial charge in [-0.15, -0.1) is 0 Å². The standard InChI is InChI=1S/C21H18Cl2O/c22-19-9-5-15(6-10-19)13-17-3-1-2-4-18(21(17)24)14-16-7-11-20(23)12-8-16/h5-14H,1-4H2/b17-13-,18-14-. The van der Waals surface area contributed by atoms with Gasteiger partial charge in [0.1, 0.15) is 0 Å². The molecule has 1 aliphatic carbocycles. The van der Waals surface area contributed by atoms with Crippen molar-refractivity contribution in [3.63, 3.8) is 0 Å². The molecule has 0 aromatic heterocycles. The Bertz CT molecular complexity index is 716. The van der Waals surface area contributed by atoms with Gasteiger partial charge in [-0.2, -0.15) is 0 Å². The predicted octanol–water partition coefficient (Wildman–Crippen LogP) is 6.60. The molecule has 1 saturated carbocycles. The summed E-state index contributed by atoms with van der Waals surface area (Å²) in [5.74, 6) is 0.150. The van der Waals surface area contributed by atoms with E-state index in [4.69, 9.17) is 23.2 Å². The Hall–Kier alpha value is -1.83. The zero-order valence-corrected chi connectivity index (χ0v) is 14.8. The third-order valence-corrected chi connectivity index (χ3v) is 4.65. The average molecular weight is 357 g/mol. The molecule has 0 spiro atoms. The van der Waals surface area contributed by atoms with Gasteiger partial charge in [0.05, 0.1) is 0 Å². The highest BCUT2D eigenvalue weighted by atomic mass is 35.5. The van der Waals surface area contributed by atoms with Gasteiger partial charge in [0, 0.05) is 21.2 Å². The molecule has 0 radical (unpaired) electrons. The summed E-state index contributed by atoms with van der Waals surface area (Å²) < 4.78 is 0. The van der Waals surface area contributed by atoms with Crippen molar-refractivity contribution < 1.29 is 4.79 Å². The first-order valence-corrected chi connectivity index (χ1v) is 8.84. The second-order valence-corrected chi connectivity index (χ2v) is 6.85. The normalized spacial score (nSPS) is 18.8. The van der Waals surface area contributed by atoms with E-state index in [1.165, 1.54) is 0 Å². The average Bonchev–Trinajstić information content (AvgIpc) is 2.75. The molecule has 2 aromatic rings. The number of hydrogen-bond donors (Lipinski definition) is 0. The lowest BCUT2D eigenvalue weighted by Crippen LogP contribution is -2.03. The van der Waals surface area contributed by atoms with Crippen LogP contribution in [0.25, 0.3) is 12.2 Å². The highest BCUT2D eigenvalue weighted by Crippen LogP contribution is 2.27. The number of ketones is 1. The van der Waals surface area contributed by atoms with E-state index in [0.29, 0.717) is 10.0 Å². The smallest absolute Gasteiger partial charge is 0.185 e. The Morgan fingerprint density at radius 1 is 0.667 bits per heavy atom. The maximum Gasteiger partial charge on any atom is 0.185 e. The Morgan fingerprint density at radius 3 is 1.42 bits per heavy atom. The molecule has 0 bridgehead atoms. The van der Waals surface area contributed by atoms with Crippen molar-refractivity contribution in [3.05, 3.63) is 80.8 Å². The van der Waals surface area contributed by atoms with Crippen molar-refractivity contribution in [2.75, 3.05) is 0 Å². The third-order valence-electron chi connectivity index (χ3n) is 4.15. The molecule has 1 nitrogen and oxygen atoms in total. The predicted molar refractivity (Wildman–Crippen MR) is 102 cm³/mol. The minimum absolute atomic E-state index is 0.150. The van der Waals surface area contributed by atoms with Crippen molar-refractivity contribution in [1.29, 1.82) is 0 Å². The highest BCUT2D eigenvalue weighted by molar-refractivity contribution is 6.30. The first-order valence-electron chi connectivity index (χ1n) is 8.09. The zero-order valence-electron chi connectivity index (χ0n) is 13.3. The van der Waals surface area contributed by atoms with Gasteiger partial charge in [0.15, 0.2) is 5.78 Å². The van der Waals surface area contributed by atoms with E-state index in [1.54, 1.807) is 0 Å². The van der Waals surface area contributed by atoms with Crippen molar-refractivity contribution in [3.8, 4) is 0 Å². The van der Waals surface area contributed by atoms with Gasteiger partial charge in [-0.25, -0.2) is 0 Å². The molecule has 2 aromatic carbocycles. The number of carbonyl (C=O) groups is 1. The number of rotatable bonds is 2. The van der Waals surface area contributed by atoms with E-state index in [2.05, 4.69) is 0 Å². The Balaban J connectivity index is 1.90. The monoisotopic (exact) mass is 356 g/mol. The van der Waals surface area contributed by atoms with Crippen LogP contribution in [0.5, 0.6) is 0 Å². The van der Waals surface area contributed by atoms with E-state index < -0.39 is 0 Å². The zero-order chi connectivity index (χ0) is 16.9. The van der Waals surface area contributed by atoms with Crippen molar-refractivity contribution in [2.45, 2.75) is 25.7 Å². The molecule has 0 saturated heterocycles. The van der Waals surface area contributed by atoms with Gasteiger partial charge in [-0.1, -0.05) is 47.5 Å². The molecule has 24 heavy (non-hydrogen) atoms. The molecule has 3 rings (SSSR count). The second kappa shape index (κ2) is 7.83. The minimum atomic E-state index is 0.150. The van der Waals surface area contributed by atoms with Gasteiger partial charge in [0.2, 0.25) is 0 Å². The lowest BCUT2D eigenvalue weighted by Gasteiger charge is -2.06. The summed E-state index contributed by atoms with van der Waals surface area (Å²) in [5.41, 5.74) is 3.76. The fraction of sp³-hybridized carbons (Fsp3) is 0.190.